The highest BCUT2D eigenvalue weighted by Crippen LogP contribution is 2.13. The van der Waals surface area contributed by atoms with E-state index in [1.165, 1.54) is 35.7 Å². The van der Waals surface area contributed by atoms with Gasteiger partial charge in [0.05, 0.1) is 12.5 Å². The molecule has 308 valence electrons. The number of carbonyl (C=O) groups excluding carboxylic acids is 6. The molecule has 0 fully saturated rings. The van der Waals surface area contributed by atoms with Crippen LogP contribution >= 0.6 is 23.5 Å². The van der Waals surface area contributed by atoms with Crippen molar-refractivity contribution in [2.45, 2.75) is 88.6 Å². The number of phenolic OH excluding ortho intramolecular Hbond substituents is 1. The molecule has 0 bridgehead atoms. The van der Waals surface area contributed by atoms with Crippen LogP contribution in [0.2, 0.25) is 0 Å². The van der Waals surface area contributed by atoms with Crippen molar-refractivity contribution in [2.75, 3.05) is 24.0 Å². The van der Waals surface area contributed by atoms with Crippen LogP contribution < -0.4 is 38.1 Å². The monoisotopic (exact) mass is 817 g/mol. The van der Waals surface area contributed by atoms with E-state index in [2.05, 4.69) is 26.6 Å². The summed E-state index contributed by atoms with van der Waals surface area (Å²) in [4.78, 5) is 91.2. The predicted octanol–water partition coefficient (Wildman–Crippen LogP) is 0.441. The summed E-state index contributed by atoms with van der Waals surface area (Å²) in [7, 11) is 0. The van der Waals surface area contributed by atoms with Crippen molar-refractivity contribution in [1.82, 2.24) is 26.6 Å². The van der Waals surface area contributed by atoms with Gasteiger partial charge in [-0.2, -0.15) is 23.5 Å². The lowest BCUT2D eigenvalue weighted by atomic mass is 10.00. The molecule has 0 heterocycles. The lowest BCUT2D eigenvalue weighted by Crippen LogP contribution is -2.60. The van der Waals surface area contributed by atoms with Gasteiger partial charge in [0.2, 0.25) is 35.4 Å². The van der Waals surface area contributed by atoms with E-state index in [1.807, 2.05) is 20.1 Å². The Morgan fingerprint density at radius 1 is 0.625 bits per heavy atom. The highest BCUT2D eigenvalue weighted by molar-refractivity contribution is 7.98. The summed E-state index contributed by atoms with van der Waals surface area (Å²) in [5, 5.41) is 31.9. The first-order valence-electron chi connectivity index (χ1n) is 18.1. The first kappa shape index (κ1) is 47.3. The summed E-state index contributed by atoms with van der Waals surface area (Å²) in [5.41, 5.74) is 12.9. The van der Waals surface area contributed by atoms with Crippen molar-refractivity contribution in [2.24, 2.45) is 17.4 Å². The molecule has 0 aliphatic carbocycles. The van der Waals surface area contributed by atoms with Crippen molar-refractivity contribution in [3.8, 4) is 5.75 Å². The SMILES string of the molecule is CSCC[C@H](NC(=O)[C@H](CC(C)C)NC(=O)[C@@H](Cc1ccccc1)NC(=O)[C@@H](CCSC)NC(=O)[C@@H](N)Cc1ccc(O)cc1)C(=O)N[C@@H](CC(=O)O)C(N)=O. The number of nitrogens with one attached hydrogen (secondary N) is 5. The Bertz CT molecular complexity index is 1620. The fourth-order valence-corrected chi connectivity index (χ4v) is 6.46. The van der Waals surface area contributed by atoms with E-state index in [4.69, 9.17) is 16.6 Å². The van der Waals surface area contributed by atoms with Gasteiger partial charge >= 0.3 is 5.97 Å². The van der Waals surface area contributed by atoms with Crippen LogP contribution in [0.15, 0.2) is 54.6 Å². The van der Waals surface area contributed by atoms with Gasteiger partial charge in [-0.15, -0.1) is 0 Å². The van der Waals surface area contributed by atoms with Crippen LogP contribution in [0.1, 0.15) is 50.7 Å². The molecule has 56 heavy (non-hydrogen) atoms. The molecule has 6 atom stereocenters. The maximum atomic E-state index is 14.1. The Labute approximate surface area is 335 Å². The topological polar surface area (TPSA) is 272 Å². The number of nitrogens with two attached hydrogens (primary N) is 2. The summed E-state index contributed by atoms with van der Waals surface area (Å²) in [5.74, 6) is -4.98. The minimum atomic E-state index is -1.51. The molecule has 0 aliphatic rings. The quantitative estimate of drug-likeness (QED) is 0.0661. The van der Waals surface area contributed by atoms with Gasteiger partial charge in [0.1, 0.15) is 36.0 Å². The number of primary amides is 1. The number of carboxylic acids is 1. The van der Waals surface area contributed by atoms with Crippen molar-refractivity contribution >= 4 is 64.9 Å². The highest BCUT2D eigenvalue weighted by atomic mass is 32.2. The Balaban J connectivity index is 2.33. The van der Waals surface area contributed by atoms with Gasteiger partial charge in [-0.25, -0.2) is 0 Å². The fourth-order valence-electron chi connectivity index (χ4n) is 5.52. The van der Waals surface area contributed by atoms with Crippen LogP contribution in [0.5, 0.6) is 5.75 Å². The van der Waals surface area contributed by atoms with E-state index in [0.29, 0.717) is 22.6 Å². The molecule has 0 spiro atoms. The van der Waals surface area contributed by atoms with Crippen molar-refractivity contribution in [3.05, 3.63) is 65.7 Å². The van der Waals surface area contributed by atoms with Crippen LogP contribution in [0, 0.1) is 5.92 Å². The predicted molar refractivity (Wildman–Crippen MR) is 216 cm³/mol. The van der Waals surface area contributed by atoms with Crippen LogP contribution in [0.25, 0.3) is 0 Å². The standard InChI is InChI=1S/C38H55N7O9S2/c1-22(2)18-30(37(53)42-28(15-17-56-4)35(51)43-29(33(40)49)21-32(47)48)44-38(54)31(20-23-8-6-5-7-9-23)45-36(52)27(14-16-55-3)41-34(50)26(39)19-24-10-12-25(46)13-11-24/h5-13,22,26-31,46H,14-21,39H2,1-4H3,(H2,40,49)(H,41,50)(H,42,53)(H,43,51)(H,44,54)(H,45,52)(H,47,48)/t26-,27+,28-,29-,30-,31+/m0/s1. The number of aromatic hydroxyl groups is 1. The molecule has 11 N–H and O–H groups in total. The number of amides is 6. The summed E-state index contributed by atoms with van der Waals surface area (Å²) < 4.78 is 0. The minimum Gasteiger partial charge on any atom is -0.508 e. The Kier molecular flexibility index (Phi) is 20.8. The highest BCUT2D eigenvalue weighted by Gasteiger charge is 2.33. The number of thioether (sulfide) groups is 2. The lowest BCUT2D eigenvalue weighted by Gasteiger charge is -2.28. The van der Waals surface area contributed by atoms with Crippen molar-refractivity contribution < 1.29 is 43.8 Å². The summed E-state index contributed by atoms with van der Waals surface area (Å²) in [6, 6.07) is 8.00. The lowest BCUT2D eigenvalue weighted by molar-refractivity contribution is -0.140. The third kappa shape index (κ3) is 17.3. The third-order valence-corrected chi connectivity index (χ3v) is 9.80. The first-order valence-corrected chi connectivity index (χ1v) is 20.9. The number of rotatable bonds is 25. The molecular formula is C38H55N7O9S2. The van der Waals surface area contributed by atoms with Gasteiger partial charge < -0.3 is 48.3 Å². The second-order valence-corrected chi connectivity index (χ2v) is 15.6. The molecule has 0 aliphatic heterocycles. The number of carboxylic acid groups (broad SMARTS) is 1. The number of hydrogen-bond acceptors (Lipinski definition) is 11. The van der Waals surface area contributed by atoms with Gasteiger partial charge in [0.15, 0.2) is 0 Å². The molecule has 2 aromatic carbocycles. The maximum Gasteiger partial charge on any atom is 0.305 e. The van der Waals surface area contributed by atoms with E-state index >= 15 is 0 Å². The number of benzene rings is 2. The molecule has 2 aromatic rings. The molecule has 0 aromatic heterocycles. The zero-order valence-corrected chi connectivity index (χ0v) is 33.8. The fraction of sp³-hybridized carbons (Fsp3) is 0.500. The van der Waals surface area contributed by atoms with Gasteiger partial charge in [-0.3, -0.25) is 33.6 Å². The number of aliphatic carboxylic acids is 1. The minimum absolute atomic E-state index is 0.0365. The summed E-state index contributed by atoms with van der Waals surface area (Å²) in [6.07, 6.45) is 3.57. The molecule has 2 rings (SSSR count). The van der Waals surface area contributed by atoms with Crippen LogP contribution in [-0.2, 0) is 46.4 Å². The van der Waals surface area contributed by atoms with E-state index in [-0.39, 0.29) is 43.8 Å². The number of phenols is 1. The van der Waals surface area contributed by atoms with E-state index in [0.717, 1.165) is 0 Å². The zero-order valence-electron chi connectivity index (χ0n) is 32.1. The van der Waals surface area contributed by atoms with E-state index < -0.39 is 84.1 Å². The molecule has 0 radical (unpaired) electrons. The van der Waals surface area contributed by atoms with Crippen molar-refractivity contribution in [3.63, 3.8) is 0 Å². The second kappa shape index (κ2) is 24.7. The average molecular weight is 818 g/mol. The van der Waals surface area contributed by atoms with Gasteiger partial charge in [-0.1, -0.05) is 56.3 Å². The largest absolute Gasteiger partial charge is 0.508 e. The molecule has 0 unspecified atom stereocenters. The molecular weight excluding hydrogens is 763 g/mol. The molecule has 0 saturated carbocycles. The molecule has 0 saturated heterocycles. The normalized spacial score (nSPS) is 14.2. The molecule has 6 amide bonds. The van der Waals surface area contributed by atoms with Gasteiger partial charge in [0.25, 0.3) is 0 Å². The van der Waals surface area contributed by atoms with E-state index in [1.54, 1.807) is 48.7 Å². The Morgan fingerprint density at radius 3 is 1.57 bits per heavy atom. The van der Waals surface area contributed by atoms with Crippen molar-refractivity contribution in [1.29, 1.82) is 0 Å². The third-order valence-electron chi connectivity index (χ3n) is 8.51. The van der Waals surface area contributed by atoms with Gasteiger partial charge in [0, 0.05) is 6.42 Å². The molecule has 18 heteroatoms. The maximum absolute atomic E-state index is 14.1. The van der Waals surface area contributed by atoms with Crippen LogP contribution in [0.3, 0.4) is 0 Å². The van der Waals surface area contributed by atoms with Crippen LogP contribution in [0.4, 0.5) is 0 Å². The number of carbonyl (C=O) groups is 7. The smallest absolute Gasteiger partial charge is 0.305 e. The van der Waals surface area contributed by atoms with Crippen LogP contribution in [-0.4, -0.2) is 112 Å². The van der Waals surface area contributed by atoms with E-state index in [9.17, 15) is 38.7 Å². The molecule has 16 nitrogen and oxygen atoms in total. The summed E-state index contributed by atoms with van der Waals surface area (Å²) >= 11 is 2.85. The average Bonchev–Trinajstić information content (AvgIpc) is 3.14. The second-order valence-electron chi connectivity index (χ2n) is 13.7. The zero-order chi connectivity index (χ0) is 41.8. The number of hydrogen-bond donors (Lipinski definition) is 9. The summed E-state index contributed by atoms with van der Waals surface area (Å²) in [6.45, 7) is 3.67. The first-order chi connectivity index (χ1) is 26.5. The van der Waals surface area contributed by atoms with Gasteiger partial charge in [-0.05, 0) is 78.9 Å². The Hall–Kier alpha value is -4.81. The Morgan fingerprint density at radius 2 is 1.07 bits per heavy atom.